The van der Waals surface area contributed by atoms with Gasteiger partial charge in [0.1, 0.15) is 0 Å². The van der Waals surface area contributed by atoms with Gasteiger partial charge in [-0.15, -0.1) is 0 Å². The van der Waals surface area contributed by atoms with E-state index in [1.807, 2.05) is 0 Å². The Hall–Kier alpha value is -2.66. The smallest absolute Gasteiger partial charge is 0.433 e. The zero-order valence-electron chi connectivity index (χ0n) is 23.2. The molecule has 0 aliphatic heterocycles. The highest BCUT2D eigenvalue weighted by molar-refractivity contribution is 6.39. The van der Waals surface area contributed by atoms with Crippen LogP contribution in [0.25, 0.3) is 0 Å². The van der Waals surface area contributed by atoms with Gasteiger partial charge in [-0.1, -0.05) is 30.1 Å². The molecule has 0 radical (unpaired) electrons. The Morgan fingerprint density at radius 1 is 1.05 bits per heavy atom. The molecule has 1 spiro atoms. The third-order valence-corrected chi connectivity index (χ3v) is 10.0. The van der Waals surface area contributed by atoms with E-state index in [1.54, 1.807) is 6.92 Å². The number of carbonyl (C=O) groups is 3. The highest BCUT2D eigenvalue weighted by Gasteiger charge is 2.46. The minimum absolute atomic E-state index is 0.0110. The summed E-state index contributed by atoms with van der Waals surface area (Å²) in [6.07, 6.45) is 5.08. The van der Waals surface area contributed by atoms with Gasteiger partial charge in [0.2, 0.25) is 0 Å². The number of nitrogens with zero attached hydrogens (tertiary/aromatic N) is 4. The first-order valence-electron chi connectivity index (χ1n) is 14.3. The standard InChI is InChI=1S/C29H33Cl2F3N4O4/c1-16-10-18(2-3-19(16)27(41)42)38-25(29(32,33)34)20(11-36-38)26(40)37(14-17-4-6-28(7-5-17)8-9-28)15-23(39)24-21(30)12-35-13-22(24)31/h11-13,16-19H,2-10,14-15H2,1H3,(H,41,42)/t16-,18+,19+/m1/s1. The van der Waals surface area contributed by atoms with Crippen molar-refractivity contribution < 1.29 is 32.7 Å². The second kappa shape index (κ2) is 11.8. The fraction of sp³-hybridized carbons (Fsp3) is 0.621. The molecule has 3 saturated carbocycles. The summed E-state index contributed by atoms with van der Waals surface area (Å²) < 4.78 is 44.5. The molecule has 0 aromatic carbocycles. The third-order valence-electron chi connectivity index (χ3n) is 9.45. The summed E-state index contributed by atoms with van der Waals surface area (Å²) in [4.78, 5) is 43.8. The van der Waals surface area contributed by atoms with Crippen LogP contribution < -0.4 is 0 Å². The number of aromatic nitrogens is 3. The maximum atomic E-state index is 14.6. The molecule has 0 unspecified atom stereocenters. The normalized spacial score (nSPS) is 24.0. The monoisotopic (exact) mass is 628 g/mol. The number of carboxylic acid groups (broad SMARTS) is 1. The number of rotatable bonds is 8. The average Bonchev–Trinajstić information content (AvgIpc) is 3.50. The lowest BCUT2D eigenvalue weighted by Gasteiger charge is -2.34. The molecule has 42 heavy (non-hydrogen) atoms. The Morgan fingerprint density at radius 3 is 2.24 bits per heavy atom. The Balaban J connectivity index is 1.45. The summed E-state index contributed by atoms with van der Waals surface area (Å²) in [6, 6.07) is -0.716. The molecule has 0 bridgehead atoms. The van der Waals surface area contributed by atoms with E-state index in [1.165, 1.54) is 30.1 Å². The fourth-order valence-corrected chi connectivity index (χ4v) is 7.39. The second-order valence-electron chi connectivity index (χ2n) is 12.3. The molecule has 3 aliphatic carbocycles. The molecule has 5 rings (SSSR count). The predicted molar refractivity (Wildman–Crippen MR) is 149 cm³/mol. The average molecular weight is 630 g/mol. The summed E-state index contributed by atoms with van der Waals surface area (Å²) in [5.74, 6) is -3.49. The van der Waals surface area contributed by atoms with E-state index < -0.39 is 53.6 Å². The number of carboxylic acids is 1. The van der Waals surface area contributed by atoms with Crippen molar-refractivity contribution in [1.82, 2.24) is 19.7 Å². The van der Waals surface area contributed by atoms with Gasteiger partial charge < -0.3 is 10.0 Å². The molecule has 13 heteroatoms. The minimum atomic E-state index is -4.91. The largest absolute Gasteiger partial charge is 0.481 e. The van der Waals surface area contributed by atoms with Crippen LogP contribution in [0.3, 0.4) is 0 Å². The number of halogens is 5. The predicted octanol–water partition coefficient (Wildman–Crippen LogP) is 6.96. The lowest BCUT2D eigenvalue weighted by atomic mass is 9.78. The van der Waals surface area contributed by atoms with E-state index in [0.29, 0.717) is 5.41 Å². The number of amides is 1. The first-order chi connectivity index (χ1) is 19.8. The van der Waals surface area contributed by atoms with Gasteiger partial charge in [-0.25, -0.2) is 0 Å². The maximum absolute atomic E-state index is 14.6. The van der Waals surface area contributed by atoms with Crippen molar-refractivity contribution in [2.24, 2.45) is 23.2 Å². The first kappa shape index (κ1) is 30.8. The zero-order chi connectivity index (χ0) is 30.4. The molecule has 3 atom stereocenters. The number of hydrogen-bond donors (Lipinski definition) is 1. The van der Waals surface area contributed by atoms with Crippen LogP contribution in [0.1, 0.15) is 97.2 Å². The van der Waals surface area contributed by atoms with Gasteiger partial charge in [0.15, 0.2) is 11.5 Å². The molecule has 3 fully saturated rings. The topological polar surface area (TPSA) is 105 Å². The van der Waals surface area contributed by atoms with Gasteiger partial charge in [-0.2, -0.15) is 18.3 Å². The van der Waals surface area contributed by atoms with Gasteiger partial charge in [0, 0.05) is 18.9 Å². The van der Waals surface area contributed by atoms with Crippen LogP contribution in [-0.2, 0) is 11.0 Å². The van der Waals surface area contributed by atoms with Crippen molar-refractivity contribution in [3.63, 3.8) is 0 Å². The Bertz CT molecular complexity index is 1350. The lowest BCUT2D eigenvalue weighted by molar-refractivity contribution is -0.149. The summed E-state index contributed by atoms with van der Waals surface area (Å²) in [6.45, 7) is 1.31. The highest BCUT2D eigenvalue weighted by Crippen LogP contribution is 2.57. The van der Waals surface area contributed by atoms with Crippen molar-refractivity contribution in [3.8, 4) is 0 Å². The molecule has 2 aromatic rings. The summed E-state index contributed by atoms with van der Waals surface area (Å²) in [7, 11) is 0. The molecule has 1 N–H and O–H groups in total. The molecule has 3 aliphatic rings. The van der Waals surface area contributed by atoms with Crippen molar-refractivity contribution in [2.75, 3.05) is 13.1 Å². The molecule has 2 heterocycles. The van der Waals surface area contributed by atoms with E-state index in [9.17, 15) is 32.7 Å². The van der Waals surface area contributed by atoms with Gasteiger partial charge in [0.25, 0.3) is 5.91 Å². The molecule has 0 saturated heterocycles. The molecule has 228 valence electrons. The molecule has 1 amide bonds. The zero-order valence-corrected chi connectivity index (χ0v) is 24.7. The Kier molecular flexibility index (Phi) is 8.64. The van der Waals surface area contributed by atoms with Crippen molar-refractivity contribution in [2.45, 2.75) is 76.9 Å². The second-order valence-corrected chi connectivity index (χ2v) is 13.1. The van der Waals surface area contributed by atoms with Crippen LogP contribution in [0, 0.1) is 23.2 Å². The number of ketones is 1. The van der Waals surface area contributed by atoms with Gasteiger partial charge in [-0.05, 0) is 75.0 Å². The molecular formula is C29H33Cl2F3N4O4. The van der Waals surface area contributed by atoms with Crippen LogP contribution >= 0.6 is 23.2 Å². The fourth-order valence-electron chi connectivity index (χ4n) is 6.82. The summed E-state index contributed by atoms with van der Waals surface area (Å²) >= 11 is 12.4. The van der Waals surface area contributed by atoms with E-state index in [0.717, 1.165) is 36.6 Å². The Morgan fingerprint density at radius 2 is 1.69 bits per heavy atom. The summed E-state index contributed by atoms with van der Waals surface area (Å²) in [5, 5.41) is 13.4. The van der Waals surface area contributed by atoms with Gasteiger partial charge in [-0.3, -0.25) is 24.0 Å². The van der Waals surface area contributed by atoms with E-state index in [4.69, 9.17) is 23.2 Å². The minimum Gasteiger partial charge on any atom is -0.481 e. The van der Waals surface area contributed by atoms with E-state index in [-0.39, 0.29) is 53.3 Å². The SMILES string of the molecule is C[C@@H]1C[C@@H](n2ncc(C(=O)N(CC(=O)c3c(Cl)cncc3Cl)CC3CCC4(CC3)CC4)c2C(F)(F)F)CC[C@@H]1C(=O)O. The Labute approximate surface area is 251 Å². The quantitative estimate of drug-likeness (QED) is 0.317. The van der Waals surface area contributed by atoms with E-state index >= 15 is 0 Å². The van der Waals surface area contributed by atoms with Gasteiger partial charge >= 0.3 is 12.1 Å². The van der Waals surface area contributed by atoms with E-state index in [2.05, 4.69) is 10.1 Å². The number of hydrogen-bond acceptors (Lipinski definition) is 5. The highest BCUT2D eigenvalue weighted by atomic mass is 35.5. The van der Waals surface area contributed by atoms with Crippen molar-refractivity contribution in [3.05, 3.63) is 45.5 Å². The number of carbonyl (C=O) groups excluding carboxylic acids is 2. The number of Topliss-reactive ketones (excluding diaryl/α,β-unsaturated/α-hetero) is 1. The van der Waals surface area contributed by atoms with Crippen molar-refractivity contribution in [1.29, 1.82) is 0 Å². The third kappa shape index (κ3) is 6.32. The van der Waals surface area contributed by atoms with Crippen LogP contribution in [0.5, 0.6) is 0 Å². The van der Waals surface area contributed by atoms with Crippen molar-refractivity contribution >= 4 is 40.9 Å². The number of alkyl halides is 3. The maximum Gasteiger partial charge on any atom is 0.433 e. The van der Waals surface area contributed by atoms with Gasteiger partial charge in [0.05, 0.1) is 45.9 Å². The number of aliphatic carboxylic acids is 1. The molecule has 8 nitrogen and oxygen atoms in total. The molecular weight excluding hydrogens is 596 g/mol. The number of pyridine rings is 1. The van der Waals surface area contributed by atoms with Crippen LogP contribution in [0.2, 0.25) is 10.0 Å². The van der Waals surface area contributed by atoms with Crippen LogP contribution in [0.15, 0.2) is 18.6 Å². The summed E-state index contributed by atoms with van der Waals surface area (Å²) in [5.41, 5.74) is -1.48. The van der Waals surface area contributed by atoms with Crippen LogP contribution in [0.4, 0.5) is 13.2 Å². The lowest BCUT2D eigenvalue weighted by Crippen LogP contribution is -2.41. The van der Waals surface area contributed by atoms with Crippen LogP contribution in [-0.4, -0.2) is 55.5 Å². The molecule has 2 aromatic heterocycles. The first-order valence-corrected chi connectivity index (χ1v) is 15.0.